The minimum Gasteiger partial charge on any atom is -0.350 e. The molecule has 0 saturated carbocycles. The number of carbonyl (C=O) groups excluding carboxylic acids is 1. The molecule has 0 aliphatic carbocycles. The van der Waals surface area contributed by atoms with Gasteiger partial charge in [-0.3, -0.25) is 4.79 Å². The first kappa shape index (κ1) is 16.2. The summed E-state index contributed by atoms with van der Waals surface area (Å²) in [4.78, 5) is 12.6. The van der Waals surface area contributed by atoms with Crippen molar-refractivity contribution >= 4 is 23.4 Å². The minimum atomic E-state index is -2.52. The average Bonchev–Trinajstić information content (AvgIpc) is 3.05. The second-order valence-electron chi connectivity index (χ2n) is 4.80. The molecule has 2 aromatic carbocycles. The maximum Gasteiger partial charge on any atom is 0.294 e. The van der Waals surface area contributed by atoms with E-state index < -0.39 is 11.7 Å². The van der Waals surface area contributed by atoms with Crippen molar-refractivity contribution in [2.45, 2.75) is 10.7 Å². The van der Waals surface area contributed by atoms with E-state index in [1.54, 1.807) is 18.2 Å². The van der Waals surface area contributed by atoms with Gasteiger partial charge in [-0.25, -0.2) is 0 Å². The number of rotatable bonds is 5. The third kappa shape index (κ3) is 3.99. The lowest BCUT2D eigenvalue weighted by Crippen LogP contribution is -2.10. The Balaban J connectivity index is 1.73. The molecule has 1 aromatic heterocycles. The van der Waals surface area contributed by atoms with Crippen LogP contribution in [0.1, 0.15) is 10.6 Å². The highest BCUT2D eigenvalue weighted by molar-refractivity contribution is 7.99. The van der Waals surface area contributed by atoms with Gasteiger partial charge in [0.1, 0.15) is 5.69 Å². The quantitative estimate of drug-likeness (QED) is 0.667. The van der Waals surface area contributed by atoms with Crippen molar-refractivity contribution in [2.24, 2.45) is 0 Å². The number of nitrogens with one attached hydrogen (secondary N) is 1. The lowest BCUT2D eigenvalue weighted by Gasteiger charge is -2.05. The van der Waals surface area contributed by atoms with Crippen molar-refractivity contribution < 1.29 is 18.1 Å². The first-order valence-electron chi connectivity index (χ1n) is 7.00. The van der Waals surface area contributed by atoms with Crippen LogP contribution in [0.3, 0.4) is 0 Å². The lowest BCUT2D eigenvalue weighted by atomic mass is 10.1. The Kier molecular flexibility index (Phi) is 4.90. The first-order chi connectivity index (χ1) is 11.6. The van der Waals surface area contributed by atoms with Crippen LogP contribution in [-0.2, 0) is 0 Å². The maximum absolute atomic E-state index is 12.4. The summed E-state index contributed by atoms with van der Waals surface area (Å²) in [6, 6.07) is 17.1. The normalized spacial score (nSPS) is 10.8. The summed E-state index contributed by atoms with van der Waals surface area (Å²) >= 11 is 0.416. The molecular weight excluding hydrogens is 334 g/mol. The van der Waals surface area contributed by atoms with Crippen LogP contribution in [0.15, 0.2) is 70.1 Å². The number of alkyl halides is 2. The molecule has 0 bridgehead atoms. The Bertz CT molecular complexity index is 837. The van der Waals surface area contributed by atoms with E-state index >= 15 is 0 Å². The molecular formula is C17H12F2N2O2S. The summed E-state index contributed by atoms with van der Waals surface area (Å²) in [5.74, 6) is -2.97. The van der Waals surface area contributed by atoms with E-state index in [4.69, 9.17) is 4.52 Å². The van der Waals surface area contributed by atoms with E-state index in [1.807, 2.05) is 30.3 Å². The Morgan fingerprint density at radius 3 is 2.62 bits per heavy atom. The maximum atomic E-state index is 12.4. The minimum absolute atomic E-state index is 0.0424. The number of benzene rings is 2. The van der Waals surface area contributed by atoms with Crippen molar-refractivity contribution in [1.82, 2.24) is 5.16 Å². The van der Waals surface area contributed by atoms with Crippen LogP contribution in [0.2, 0.25) is 0 Å². The largest absolute Gasteiger partial charge is 0.350 e. The number of anilines is 1. The van der Waals surface area contributed by atoms with Crippen LogP contribution in [0.25, 0.3) is 11.3 Å². The zero-order valence-electron chi connectivity index (χ0n) is 12.3. The standard InChI is InChI=1S/C17H12F2N2O2S/c18-17(19)24-13-8-4-7-12(9-13)20-16(22)15-10-14(21-23-15)11-5-2-1-3-6-11/h1-10,17H,(H,20,22). The zero-order chi connectivity index (χ0) is 16.9. The van der Waals surface area contributed by atoms with Gasteiger partial charge in [-0.05, 0) is 18.2 Å². The van der Waals surface area contributed by atoms with E-state index in [2.05, 4.69) is 10.5 Å². The number of amides is 1. The van der Waals surface area contributed by atoms with Gasteiger partial charge in [0.15, 0.2) is 0 Å². The number of aromatic nitrogens is 1. The van der Waals surface area contributed by atoms with Crippen LogP contribution >= 0.6 is 11.8 Å². The van der Waals surface area contributed by atoms with Gasteiger partial charge in [-0.2, -0.15) is 8.78 Å². The fourth-order valence-corrected chi connectivity index (χ4v) is 2.63. The third-order valence-corrected chi connectivity index (χ3v) is 3.82. The zero-order valence-corrected chi connectivity index (χ0v) is 13.1. The monoisotopic (exact) mass is 346 g/mol. The summed E-state index contributed by atoms with van der Waals surface area (Å²) in [6.07, 6.45) is 0. The molecule has 0 radical (unpaired) electrons. The van der Waals surface area contributed by atoms with E-state index in [1.165, 1.54) is 12.1 Å². The van der Waals surface area contributed by atoms with Gasteiger partial charge in [-0.1, -0.05) is 53.3 Å². The van der Waals surface area contributed by atoms with Crippen molar-refractivity contribution in [3.05, 3.63) is 66.4 Å². The van der Waals surface area contributed by atoms with Crippen LogP contribution in [0.4, 0.5) is 14.5 Å². The molecule has 24 heavy (non-hydrogen) atoms. The van der Waals surface area contributed by atoms with Gasteiger partial charge in [-0.15, -0.1) is 0 Å². The molecule has 1 amide bonds. The Morgan fingerprint density at radius 1 is 1.08 bits per heavy atom. The predicted molar refractivity (Wildman–Crippen MR) is 88.2 cm³/mol. The Morgan fingerprint density at radius 2 is 1.88 bits per heavy atom. The third-order valence-electron chi connectivity index (χ3n) is 3.12. The molecule has 1 heterocycles. The van der Waals surface area contributed by atoms with Gasteiger partial charge in [0.05, 0.1) is 0 Å². The summed E-state index contributed by atoms with van der Waals surface area (Å²) in [7, 11) is 0. The van der Waals surface area contributed by atoms with Crippen LogP contribution < -0.4 is 5.32 Å². The summed E-state index contributed by atoms with van der Waals surface area (Å²) in [6.45, 7) is 0. The van der Waals surface area contributed by atoms with E-state index in [-0.39, 0.29) is 5.76 Å². The number of hydrogen-bond acceptors (Lipinski definition) is 4. The van der Waals surface area contributed by atoms with Gasteiger partial charge in [0.2, 0.25) is 5.76 Å². The molecule has 0 atom stereocenters. The molecule has 7 heteroatoms. The number of carbonyl (C=O) groups is 1. The molecule has 0 fully saturated rings. The second kappa shape index (κ2) is 7.27. The summed E-state index contributed by atoms with van der Waals surface area (Å²) in [5, 5.41) is 6.47. The van der Waals surface area contributed by atoms with Crippen LogP contribution in [0, 0.1) is 0 Å². The molecule has 0 spiro atoms. The molecule has 0 aliphatic rings. The van der Waals surface area contributed by atoms with Gasteiger partial charge >= 0.3 is 0 Å². The highest BCUT2D eigenvalue weighted by Gasteiger charge is 2.15. The van der Waals surface area contributed by atoms with Gasteiger partial charge in [0.25, 0.3) is 11.7 Å². The molecule has 0 saturated heterocycles. The van der Waals surface area contributed by atoms with Gasteiger partial charge in [0, 0.05) is 22.2 Å². The number of thioether (sulfide) groups is 1. The van der Waals surface area contributed by atoms with Crippen LogP contribution in [-0.4, -0.2) is 16.8 Å². The Hall–Kier alpha value is -2.67. The van der Waals surface area contributed by atoms with Crippen molar-refractivity contribution in [3.63, 3.8) is 0 Å². The van der Waals surface area contributed by atoms with E-state index in [0.717, 1.165) is 5.56 Å². The Labute approximate surface area is 140 Å². The van der Waals surface area contributed by atoms with Gasteiger partial charge < -0.3 is 9.84 Å². The molecule has 1 N–H and O–H groups in total. The number of nitrogens with zero attached hydrogens (tertiary/aromatic N) is 1. The number of hydrogen-bond donors (Lipinski definition) is 1. The van der Waals surface area contributed by atoms with Crippen molar-refractivity contribution in [3.8, 4) is 11.3 Å². The molecule has 4 nitrogen and oxygen atoms in total. The topological polar surface area (TPSA) is 55.1 Å². The highest BCUT2D eigenvalue weighted by atomic mass is 32.2. The fraction of sp³-hybridized carbons (Fsp3) is 0.0588. The second-order valence-corrected chi connectivity index (χ2v) is 5.87. The van der Waals surface area contributed by atoms with E-state index in [9.17, 15) is 13.6 Å². The average molecular weight is 346 g/mol. The molecule has 3 aromatic rings. The number of halogens is 2. The molecule has 0 unspecified atom stereocenters. The molecule has 0 aliphatic heterocycles. The molecule has 3 rings (SSSR count). The smallest absolute Gasteiger partial charge is 0.294 e. The SMILES string of the molecule is O=C(Nc1cccc(SC(F)F)c1)c1cc(-c2ccccc2)no1. The lowest BCUT2D eigenvalue weighted by molar-refractivity contribution is 0.0988. The summed E-state index contributed by atoms with van der Waals surface area (Å²) < 4.78 is 29.9. The summed E-state index contributed by atoms with van der Waals surface area (Å²) in [5.41, 5.74) is 1.78. The van der Waals surface area contributed by atoms with E-state index in [0.29, 0.717) is 28.0 Å². The van der Waals surface area contributed by atoms with Crippen LogP contribution in [0.5, 0.6) is 0 Å². The predicted octanol–water partition coefficient (Wildman–Crippen LogP) is 4.91. The first-order valence-corrected chi connectivity index (χ1v) is 7.88. The fourth-order valence-electron chi connectivity index (χ4n) is 2.07. The van der Waals surface area contributed by atoms with Crippen molar-refractivity contribution in [1.29, 1.82) is 0 Å². The highest BCUT2D eigenvalue weighted by Crippen LogP contribution is 2.27. The molecule has 122 valence electrons. The van der Waals surface area contributed by atoms with Crippen molar-refractivity contribution in [2.75, 3.05) is 5.32 Å².